The van der Waals surface area contributed by atoms with Gasteiger partial charge in [-0.2, -0.15) is 4.31 Å². The molecule has 2 heterocycles. The van der Waals surface area contributed by atoms with E-state index in [9.17, 15) is 13.2 Å². The van der Waals surface area contributed by atoms with Gasteiger partial charge < -0.3 is 10.1 Å². The Morgan fingerprint density at radius 1 is 1.29 bits per heavy atom. The summed E-state index contributed by atoms with van der Waals surface area (Å²) >= 11 is 6.93. The van der Waals surface area contributed by atoms with E-state index >= 15 is 0 Å². The number of amides is 1. The minimum absolute atomic E-state index is 0.146. The number of hydrogen-bond donors (Lipinski definition) is 1. The summed E-state index contributed by atoms with van der Waals surface area (Å²) in [5.74, 6) is 0.608. The van der Waals surface area contributed by atoms with Crippen molar-refractivity contribution in [3.8, 4) is 5.75 Å². The third kappa shape index (κ3) is 4.51. The predicted octanol–water partition coefficient (Wildman–Crippen LogP) is 3.52. The van der Waals surface area contributed by atoms with Crippen LogP contribution in [0.15, 0.2) is 40.6 Å². The number of nitrogens with zero attached hydrogens (tertiary/aromatic N) is 1. The molecule has 0 unspecified atom stereocenters. The minimum Gasteiger partial charge on any atom is -0.497 e. The summed E-state index contributed by atoms with van der Waals surface area (Å²) in [6.07, 6.45) is 1.27. The minimum atomic E-state index is -3.65. The lowest BCUT2D eigenvalue weighted by atomic mass is 9.82. The largest absolute Gasteiger partial charge is 0.497 e. The summed E-state index contributed by atoms with van der Waals surface area (Å²) in [6.45, 7) is 2.75. The van der Waals surface area contributed by atoms with E-state index in [1.807, 2.05) is 31.2 Å². The van der Waals surface area contributed by atoms with Crippen LogP contribution in [0.5, 0.6) is 5.75 Å². The lowest BCUT2D eigenvalue weighted by Crippen LogP contribution is -2.51. The Hall–Kier alpha value is -1.61. The number of carbonyl (C=O) groups is 1. The number of nitrogens with one attached hydrogen (secondary N) is 1. The zero-order valence-electron chi connectivity index (χ0n) is 15.8. The molecule has 0 saturated carbocycles. The van der Waals surface area contributed by atoms with Crippen molar-refractivity contribution >= 4 is 38.9 Å². The summed E-state index contributed by atoms with van der Waals surface area (Å²) in [7, 11) is -2.05. The van der Waals surface area contributed by atoms with E-state index in [4.69, 9.17) is 16.3 Å². The van der Waals surface area contributed by atoms with Crippen LogP contribution in [0.25, 0.3) is 0 Å². The number of sulfonamides is 1. The number of methoxy groups -OCH3 is 1. The van der Waals surface area contributed by atoms with E-state index < -0.39 is 15.4 Å². The Morgan fingerprint density at radius 2 is 2.00 bits per heavy atom. The summed E-state index contributed by atoms with van der Waals surface area (Å²) in [5, 5.41) is 2.94. The quantitative estimate of drug-likeness (QED) is 0.742. The number of ether oxygens (including phenoxy) is 1. The highest BCUT2D eigenvalue weighted by Crippen LogP contribution is 2.35. The Labute approximate surface area is 174 Å². The van der Waals surface area contributed by atoms with E-state index in [2.05, 4.69) is 5.32 Å². The highest BCUT2D eigenvalue weighted by atomic mass is 35.5. The standard InChI is InChI=1S/C19H23ClN2O4S2/c1-19(18(23)21-12-14-4-6-15(26-2)7-5-14)10-3-11-22(13-19)28(24,25)17-9-8-16(20)27-17/h4-9H,3,10-13H2,1-2H3,(H,21,23)/t19-/m0/s1. The smallest absolute Gasteiger partial charge is 0.252 e. The lowest BCUT2D eigenvalue weighted by molar-refractivity contribution is -0.132. The van der Waals surface area contributed by atoms with Crippen LogP contribution in [0.1, 0.15) is 25.3 Å². The maximum Gasteiger partial charge on any atom is 0.252 e. The van der Waals surface area contributed by atoms with Crippen LogP contribution in [0.3, 0.4) is 0 Å². The molecule has 1 aliphatic rings. The summed E-state index contributed by atoms with van der Waals surface area (Å²) in [6, 6.07) is 10.5. The van der Waals surface area contributed by atoms with Crippen LogP contribution in [0, 0.1) is 5.41 Å². The second kappa shape index (κ2) is 8.41. The molecule has 1 aromatic carbocycles. The average molecular weight is 443 g/mol. The molecule has 0 bridgehead atoms. The van der Waals surface area contributed by atoms with Crippen molar-refractivity contribution in [2.24, 2.45) is 5.41 Å². The Balaban J connectivity index is 1.67. The van der Waals surface area contributed by atoms with Crippen molar-refractivity contribution in [2.45, 2.75) is 30.5 Å². The zero-order valence-corrected chi connectivity index (χ0v) is 18.2. The fourth-order valence-corrected chi connectivity index (χ4v) is 6.53. The van der Waals surface area contributed by atoms with Gasteiger partial charge >= 0.3 is 0 Å². The van der Waals surface area contributed by atoms with Crippen molar-refractivity contribution in [2.75, 3.05) is 20.2 Å². The highest BCUT2D eigenvalue weighted by molar-refractivity contribution is 7.91. The molecule has 0 spiro atoms. The molecule has 152 valence electrons. The number of halogens is 1. The van der Waals surface area contributed by atoms with Crippen molar-refractivity contribution in [1.29, 1.82) is 0 Å². The van der Waals surface area contributed by atoms with Gasteiger partial charge in [0.1, 0.15) is 9.96 Å². The number of thiophene rings is 1. The molecule has 0 radical (unpaired) electrons. The SMILES string of the molecule is COc1ccc(CNC(=O)[C@@]2(C)CCCN(S(=O)(=O)c3ccc(Cl)s3)C2)cc1. The van der Waals surface area contributed by atoms with Crippen molar-refractivity contribution in [3.05, 3.63) is 46.3 Å². The van der Waals surface area contributed by atoms with Crippen LogP contribution in [-0.2, 0) is 21.4 Å². The predicted molar refractivity (Wildman–Crippen MR) is 110 cm³/mol. The fraction of sp³-hybridized carbons (Fsp3) is 0.421. The molecular formula is C19H23ClN2O4S2. The van der Waals surface area contributed by atoms with Gasteiger partial charge in [-0.3, -0.25) is 4.79 Å². The fourth-order valence-electron chi connectivity index (χ4n) is 3.29. The zero-order chi connectivity index (χ0) is 20.4. The van der Waals surface area contributed by atoms with Crippen LogP contribution < -0.4 is 10.1 Å². The van der Waals surface area contributed by atoms with Crippen LogP contribution in [-0.4, -0.2) is 38.8 Å². The Morgan fingerprint density at radius 3 is 2.61 bits per heavy atom. The van der Waals surface area contributed by atoms with Gasteiger partial charge in [0.25, 0.3) is 10.0 Å². The third-order valence-corrected chi connectivity index (χ3v) is 8.51. The van der Waals surface area contributed by atoms with Gasteiger partial charge in [-0.1, -0.05) is 23.7 Å². The normalized spacial score (nSPS) is 20.7. The first-order valence-corrected chi connectivity index (χ1v) is 11.5. The number of rotatable bonds is 6. The molecule has 1 aliphatic heterocycles. The van der Waals surface area contributed by atoms with Crippen LogP contribution in [0.4, 0.5) is 0 Å². The maximum atomic E-state index is 12.9. The Kier molecular flexibility index (Phi) is 6.34. The van der Waals surface area contributed by atoms with Crippen molar-refractivity contribution < 1.29 is 17.9 Å². The Bertz CT molecular complexity index is 943. The molecule has 9 heteroatoms. The van der Waals surface area contributed by atoms with Crippen molar-refractivity contribution in [1.82, 2.24) is 9.62 Å². The van der Waals surface area contributed by atoms with Gasteiger partial charge in [-0.05, 0) is 49.6 Å². The molecular weight excluding hydrogens is 420 g/mol. The van der Waals surface area contributed by atoms with Gasteiger partial charge in [-0.15, -0.1) is 11.3 Å². The molecule has 1 saturated heterocycles. The van der Waals surface area contributed by atoms with Crippen LogP contribution >= 0.6 is 22.9 Å². The summed E-state index contributed by atoms with van der Waals surface area (Å²) < 4.78 is 32.9. The van der Waals surface area contributed by atoms with Crippen molar-refractivity contribution in [3.63, 3.8) is 0 Å². The van der Waals surface area contributed by atoms with Crippen LogP contribution in [0.2, 0.25) is 4.34 Å². The topological polar surface area (TPSA) is 75.7 Å². The first kappa shape index (κ1) is 21.1. The lowest BCUT2D eigenvalue weighted by Gasteiger charge is -2.38. The molecule has 1 atom stereocenters. The van der Waals surface area contributed by atoms with E-state index in [-0.39, 0.29) is 16.7 Å². The third-order valence-electron chi connectivity index (χ3n) is 4.96. The first-order valence-electron chi connectivity index (χ1n) is 8.91. The molecule has 1 aromatic heterocycles. The number of carbonyl (C=O) groups excluding carboxylic acids is 1. The van der Waals surface area contributed by atoms with Gasteiger partial charge in [0.05, 0.1) is 16.9 Å². The van der Waals surface area contributed by atoms with E-state index in [0.717, 1.165) is 22.6 Å². The van der Waals surface area contributed by atoms with Gasteiger partial charge in [0.15, 0.2) is 0 Å². The van der Waals surface area contributed by atoms with Gasteiger partial charge in [0.2, 0.25) is 5.91 Å². The molecule has 1 fully saturated rings. The summed E-state index contributed by atoms with van der Waals surface area (Å²) in [5.41, 5.74) is 0.171. The molecule has 3 rings (SSSR count). The van der Waals surface area contributed by atoms with Gasteiger partial charge in [-0.25, -0.2) is 8.42 Å². The highest BCUT2D eigenvalue weighted by Gasteiger charge is 2.42. The van der Waals surface area contributed by atoms with Gasteiger partial charge in [0, 0.05) is 19.6 Å². The molecule has 0 aliphatic carbocycles. The van der Waals surface area contributed by atoms with E-state index in [1.165, 1.54) is 10.4 Å². The molecule has 1 N–H and O–H groups in total. The maximum absolute atomic E-state index is 12.9. The summed E-state index contributed by atoms with van der Waals surface area (Å²) in [4.78, 5) is 12.9. The van der Waals surface area contributed by atoms with E-state index in [0.29, 0.717) is 30.3 Å². The molecule has 28 heavy (non-hydrogen) atoms. The number of hydrogen-bond acceptors (Lipinski definition) is 5. The van der Waals surface area contributed by atoms with E-state index in [1.54, 1.807) is 13.2 Å². The number of benzene rings is 1. The average Bonchev–Trinajstić information content (AvgIpc) is 3.13. The monoisotopic (exact) mass is 442 g/mol. The number of piperidine rings is 1. The second-order valence-electron chi connectivity index (χ2n) is 7.09. The molecule has 6 nitrogen and oxygen atoms in total. The first-order chi connectivity index (χ1) is 13.2. The molecule has 2 aromatic rings. The molecule has 1 amide bonds. The second-order valence-corrected chi connectivity index (χ2v) is 11.0.